The van der Waals surface area contributed by atoms with E-state index < -0.39 is 0 Å². The van der Waals surface area contributed by atoms with Gasteiger partial charge in [0.2, 0.25) is 0 Å². The lowest BCUT2D eigenvalue weighted by Crippen LogP contribution is -1.82. The average Bonchev–Trinajstić information content (AvgIpc) is 2.09. The van der Waals surface area contributed by atoms with Crippen molar-refractivity contribution in [2.24, 2.45) is 4.99 Å². The van der Waals surface area contributed by atoms with Crippen LogP contribution in [0, 0.1) is 0 Å². The largest absolute Gasteiger partial charge is 0.261 e. The zero-order valence-electron chi connectivity index (χ0n) is 7.75. The molecular weight excluding hydrogens is 146 g/mol. The van der Waals surface area contributed by atoms with E-state index in [9.17, 15) is 0 Å². The molecule has 64 valence electrons. The third-order valence-electron chi connectivity index (χ3n) is 1.78. The zero-order chi connectivity index (χ0) is 8.81. The molecule has 0 heterocycles. The lowest BCUT2D eigenvalue weighted by atomic mass is 10.1. The van der Waals surface area contributed by atoms with Gasteiger partial charge in [-0.05, 0) is 25.0 Å². The van der Waals surface area contributed by atoms with Gasteiger partial charge in [0.25, 0.3) is 0 Å². The molecule has 0 N–H and O–H groups in total. The van der Waals surface area contributed by atoms with Gasteiger partial charge in [-0.25, -0.2) is 0 Å². The van der Waals surface area contributed by atoms with Crippen LogP contribution in [0.3, 0.4) is 0 Å². The number of rotatable bonds is 3. The van der Waals surface area contributed by atoms with Crippen LogP contribution in [0.25, 0.3) is 0 Å². The molecule has 0 saturated heterocycles. The number of hydrogen-bond acceptors (Lipinski definition) is 1. The van der Waals surface area contributed by atoms with E-state index in [2.05, 4.69) is 30.1 Å². The van der Waals surface area contributed by atoms with Crippen LogP contribution >= 0.6 is 0 Å². The van der Waals surface area contributed by atoms with Crippen molar-refractivity contribution in [3.05, 3.63) is 29.8 Å². The van der Waals surface area contributed by atoms with Crippen LogP contribution in [0.2, 0.25) is 0 Å². The Labute approximate surface area is 74.2 Å². The van der Waals surface area contributed by atoms with Crippen LogP contribution in [0.1, 0.15) is 25.8 Å². The van der Waals surface area contributed by atoms with Crippen molar-refractivity contribution in [3.63, 3.8) is 0 Å². The summed E-state index contributed by atoms with van der Waals surface area (Å²) in [7, 11) is 0. The third kappa shape index (κ3) is 2.19. The summed E-state index contributed by atoms with van der Waals surface area (Å²) in [6.45, 7) is 4.13. The Bertz CT molecular complexity index is 263. The summed E-state index contributed by atoms with van der Waals surface area (Å²) in [6, 6.07) is 8.30. The molecule has 0 aromatic heterocycles. The smallest absolute Gasteiger partial charge is 0.0657 e. The summed E-state index contributed by atoms with van der Waals surface area (Å²) >= 11 is 0. The fourth-order valence-electron chi connectivity index (χ4n) is 1.26. The van der Waals surface area contributed by atoms with E-state index in [0.717, 1.165) is 12.1 Å². The molecule has 1 aromatic carbocycles. The van der Waals surface area contributed by atoms with Crippen LogP contribution in [-0.4, -0.2) is 6.21 Å². The van der Waals surface area contributed by atoms with Crippen LogP contribution < -0.4 is 0 Å². The van der Waals surface area contributed by atoms with Crippen LogP contribution in [-0.2, 0) is 6.42 Å². The van der Waals surface area contributed by atoms with E-state index in [4.69, 9.17) is 0 Å². The second-order valence-corrected chi connectivity index (χ2v) is 2.77. The molecule has 0 aliphatic heterocycles. The Hall–Kier alpha value is -1.11. The highest BCUT2D eigenvalue weighted by atomic mass is 14.7. The second kappa shape index (κ2) is 4.70. The average molecular weight is 161 g/mol. The van der Waals surface area contributed by atoms with Gasteiger partial charge >= 0.3 is 0 Å². The SMILES string of the molecule is C/C=N/c1ccccc1CCC. The van der Waals surface area contributed by atoms with E-state index in [1.165, 1.54) is 12.0 Å². The predicted octanol–water partition coefficient (Wildman–Crippen LogP) is 3.36. The maximum Gasteiger partial charge on any atom is 0.0657 e. The van der Waals surface area contributed by atoms with E-state index in [0.29, 0.717) is 0 Å². The first-order valence-electron chi connectivity index (χ1n) is 4.45. The quantitative estimate of drug-likeness (QED) is 0.603. The predicted molar refractivity (Wildman–Crippen MR) is 54.3 cm³/mol. The molecule has 0 unspecified atom stereocenters. The monoisotopic (exact) mass is 161 g/mol. The van der Waals surface area contributed by atoms with Crippen molar-refractivity contribution in [2.75, 3.05) is 0 Å². The summed E-state index contributed by atoms with van der Waals surface area (Å²) in [5.74, 6) is 0. The van der Waals surface area contributed by atoms with Crippen LogP contribution in [0.5, 0.6) is 0 Å². The van der Waals surface area contributed by atoms with Crippen molar-refractivity contribution in [3.8, 4) is 0 Å². The molecule has 0 saturated carbocycles. The van der Waals surface area contributed by atoms with Crippen LogP contribution in [0.4, 0.5) is 5.69 Å². The van der Waals surface area contributed by atoms with Crippen molar-refractivity contribution in [1.29, 1.82) is 0 Å². The number of benzene rings is 1. The molecule has 0 aliphatic carbocycles. The van der Waals surface area contributed by atoms with E-state index in [1.807, 2.05) is 19.2 Å². The van der Waals surface area contributed by atoms with Gasteiger partial charge in [0.05, 0.1) is 5.69 Å². The van der Waals surface area contributed by atoms with E-state index >= 15 is 0 Å². The molecular formula is C11H15N. The number of hydrogen-bond donors (Lipinski definition) is 0. The fourth-order valence-corrected chi connectivity index (χ4v) is 1.26. The maximum absolute atomic E-state index is 4.30. The molecule has 0 spiro atoms. The molecule has 0 aliphatic rings. The van der Waals surface area contributed by atoms with Gasteiger partial charge in [0.1, 0.15) is 0 Å². The number of aryl methyl sites for hydroxylation is 1. The highest BCUT2D eigenvalue weighted by Gasteiger charge is 1.96. The second-order valence-electron chi connectivity index (χ2n) is 2.77. The Balaban J connectivity index is 2.91. The highest BCUT2D eigenvalue weighted by Crippen LogP contribution is 2.19. The molecule has 0 amide bonds. The number of aliphatic imine (C=N–C) groups is 1. The summed E-state index contributed by atoms with van der Waals surface area (Å²) < 4.78 is 0. The molecule has 0 atom stereocenters. The normalized spacial score (nSPS) is 10.8. The van der Waals surface area contributed by atoms with Crippen molar-refractivity contribution >= 4 is 11.9 Å². The number of para-hydroxylation sites is 1. The Morgan fingerprint density at radius 3 is 2.75 bits per heavy atom. The minimum absolute atomic E-state index is 1.11. The van der Waals surface area contributed by atoms with Gasteiger partial charge in [0, 0.05) is 6.21 Å². The van der Waals surface area contributed by atoms with Crippen LogP contribution in [0.15, 0.2) is 29.3 Å². The molecule has 1 heteroatoms. The van der Waals surface area contributed by atoms with Gasteiger partial charge in [-0.2, -0.15) is 0 Å². The van der Waals surface area contributed by atoms with Crippen molar-refractivity contribution in [2.45, 2.75) is 26.7 Å². The molecule has 0 bridgehead atoms. The Morgan fingerprint density at radius 2 is 2.08 bits per heavy atom. The summed E-state index contributed by atoms with van der Waals surface area (Å²) in [4.78, 5) is 4.30. The maximum atomic E-state index is 4.30. The molecule has 1 nitrogen and oxygen atoms in total. The summed E-state index contributed by atoms with van der Waals surface area (Å²) in [5, 5.41) is 0. The standard InChI is InChI=1S/C11H15N/c1-3-7-10-8-5-6-9-11(10)12-4-2/h4-6,8-9H,3,7H2,1-2H3/b12-4+. The summed E-state index contributed by atoms with van der Waals surface area (Å²) in [5.41, 5.74) is 2.46. The first kappa shape index (κ1) is 8.98. The Morgan fingerprint density at radius 1 is 1.33 bits per heavy atom. The van der Waals surface area contributed by atoms with Gasteiger partial charge < -0.3 is 0 Å². The topological polar surface area (TPSA) is 12.4 Å². The minimum Gasteiger partial charge on any atom is -0.261 e. The third-order valence-corrected chi connectivity index (χ3v) is 1.78. The molecule has 1 rings (SSSR count). The van der Waals surface area contributed by atoms with E-state index in [-0.39, 0.29) is 0 Å². The highest BCUT2D eigenvalue weighted by molar-refractivity contribution is 5.62. The molecule has 1 aromatic rings. The lowest BCUT2D eigenvalue weighted by Gasteiger charge is -2.01. The van der Waals surface area contributed by atoms with E-state index in [1.54, 1.807) is 0 Å². The molecule has 12 heavy (non-hydrogen) atoms. The molecule has 0 fully saturated rings. The van der Waals surface area contributed by atoms with Gasteiger partial charge in [0.15, 0.2) is 0 Å². The minimum atomic E-state index is 1.11. The summed E-state index contributed by atoms with van der Waals surface area (Å²) in [6.07, 6.45) is 4.14. The Kier molecular flexibility index (Phi) is 3.52. The van der Waals surface area contributed by atoms with Crippen molar-refractivity contribution in [1.82, 2.24) is 0 Å². The van der Waals surface area contributed by atoms with Crippen molar-refractivity contribution < 1.29 is 0 Å². The van der Waals surface area contributed by atoms with Gasteiger partial charge in [-0.3, -0.25) is 4.99 Å². The van der Waals surface area contributed by atoms with Gasteiger partial charge in [-0.15, -0.1) is 0 Å². The lowest BCUT2D eigenvalue weighted by molar-refractivity contribution is 0.922. The first-order valence-corrected chi connectivity index (χ1v) is 4.45. The van der Waals surface area contributed by atoms with Gasteiger partial charge in [-0.1, -0.05) is 31.5 Å². The zero-order valence-corrected chi connectivity index (χ0v) is 7.75. The number of nitrogens with zero attached hydrogens (tertiary/aromatic N) is 1. The molecule has 0 radical (unpaired) electrons. The fraction of sp³-hybridized carbons (Fsp3) is 0.364. The first-order chi connectivity index (χ1) is 5.88.